The number of allylic oxidation sites excluding steroid dienone is 1. The Morgan fingerprint density at radius 1 is 1.32 bits per heavy atom. The van der Waals surface area contributed by atoms with Crippen LogP contribution in [-0.2, 0) is 9.53 Å². The molecule has 2 atom stereocenters. The Hall–Kier alpha value is -1.28. The van der Waals surface area contributed by atoms with Gasteiger partial charge in [0, 0.05) is 5.03 Å². The lowest BCUT2D eigenvalue weighted by Gasteiger charge is -2.01. The summed E-state index contributed by atoms with van der Waals surface area (Å²) in [5.74, 6) is -0.0925. The second kappa shape index (κ2) is 5.01. The lowest BCUT2D eigenvalue weighted by molar-refractivity contribution is -0.143. The Morgan fingerprint density at radius 3 is 2.42 bits per heavy atom. The molecule has 19 heavy (non-hydrogen) atoms. The number of benzene rings is 1. The molecular weight excluding hydrogens is 260 g/mol. The molecule has 0 heterocycles. The summed E-state index contributed by atoms with van der Waals surface area (Å²) in [4.78, 5) is 11.7. The number of esters is 1. The Labute approximate surface area is 119 Å². The number of hydrogen-bond donors (Lipinski definition) is 0. The normalized spacial score (nSPS) is 25.0. The van der Waals surface area contributed by atoms with Gasteiger partial charge in [0.1, 0.15) is 0 Å². The van der Waals surface area contributed by atoms with Crippen LogP contribution >= 0.6 is 11.6 Å². The number of carbonyl (C=O) groups is 1. The van der Waals surface area contributed by atoms with Gasteiger partial charge in [-0.05, 0) is 23.8 Å². The number of rotatable bonds is 3. The minimum Gasteiger partial charge on any atom is -0.469 e. The van der Waals surface area contributed by atoms with Crippen molar-refractivity contribution in [3.63, 3.8) is 0 Å². The highest BCUT2D eigenvalue weighted by atomic mass is 35.5. The molecule has 2 nitrogen and oxygen atoms in total. The van der Waals surface area contributed by atoms with Crippen LogP contribution in [-0.4, -0.2) is 13.1 Å². The van der Waals surface area contributed by atoms with Crippen molar-refractivity contribution in [3.8, 4) is 0 Å². The third kappa shape index (κ3) is 2.69. The summed E-state index contributed by atoms with van der Waals surface area (Å²) in [6.45, 7) is 6.17. The van der Waals surface area contributed by atoms with Crippen LogP contribution in [0.5, 0.6) is 0 Å². The van der Waals surface area contributed by atoms with Crippen molar-refractivity contribution in [1.29, 1.82) is 0 Å². The van der Waals surface area contributed by atoms with Crippen molar-refractivity contribution in [2.24, 2.45) is 17.3 Å². The maximum atomic E-state index is 11.7. The third-order valence-corrected chi connectivity index (χ3v) is 4.36. The van der Waals surface area contributed by atoms with Gasteiger partial charge in [-0.15, -0.1) is 0 Å². The molecule has 1 aromatic rings. The highest BCUT2D eigenvalue weighted by Gasteiger charge is 2.61. The second-order valence-corrected chi connectivity index (χ2v) is 6.14. The van der Waals surface area contributed by atoms with E-state index >= 15 is 0 Å². The Morgan fingerprint density at radius 2 is 1.89 bits per heavy atom. The predicted octanol–water partition coefficient (Wildman–Crippen LogP) is 4.02. The number of ether oxygens (including phenoxy) is 1. The molecule has 1 aromatic carbocycles. The SMILES string of the molecule is COC(=O)C1C(C=C(Cl)c2ccc(C)cc2)C1(C)C. The smallest absolute Gasteiger partial charge is 0.309 e. The van der Waals surface area contributed by atoms with Crippen LogP contribution in [0.3, 0.4) is 0 Å². The first-order chi connectivity index (χ1) is 8.87. The number of halogens is 1. The first-order valence-electron chi connectivity index (χ1n) is 6.40. The summed E-state index contributed by atoms with van der Waals surface area (Å²) in [6, 6.07) is 8.05. The lowest BCUT2D eigenvalue weighted by atomic mass is 10.1. The van der Waals surface area contributed by atoms with Crippen molar-refractivity contribution in [2.45, 2.75) is 20.8 Å². The van der Waals surface area contributed by atoms with E-state index in [9.17, 15) is 4.79 Å². The van der Waals surface area contributed by atoms with Crippen LogP contribution < -0.4 is 0 Å². The van der Waals surface area contributed by atoms with E-state index in [1.54, 1.807) is 0 Å². The van der Waals surface area contributed by atoms with Crippen molar-refractivity contribution in [3.05, 3.63) is 41.5 Å². The van der Waals surface area contributed by atoms with Crippen molar-refractivity contribution >= 4 is 22.6 Å². The Bertz CT molecular complexity index is 514. The van der Waals surface area contributed by atoms with Crippen LogP contribution in [0.15, 0.2) is 30.3 Å². The molecule has 1 fully saturated rings. The number of methoxy groups -OCH3 is 1. The van der Waals surface area contributed by atoms with Gasteiger partial charge in [-0.2, -0.15) is 0 Å². The van der Waals surface area contributed by atoms with Crippen LogP contribution in [0.2, 0.25) is 0 Å². The van der Waals surface area contributed by atoms with E-state index in [2.05, 4.69) is 13.8 Å². The van der Waals surface area contributed by atoms with E-state index in [1.165, 1.54) is 12.7 Å². The molecule has 3 heteroatoms. The molecule has 1 aliphatic carbocycles. The fraction of sp³-hybridized carbons (Fsp3) is 0.438. The standard InChI is InChI=1S/C16H19ClO2/c1-10-5-7-11(8-6-10)13(17)9-12-14(15(18)19-4)16(12,2)3/h5-9,12,14H,1-4H3. The van der Waals surface area contributed by atoms with Crippen LogP contribution in [0.25, 0.3) is 5.03 Å². The molecule has 2 unspecified atom stereocenters. The van der Waals surface area contributed by atoms with Gasteiger partial charge < -0.3 is 4.74 Å². The highest BCUT2D eigenvalue weighted by Crippen LogP contribution is 2.60. The highest BCUT2D eigenvalue weighted by molar-refractivity contribution is 6.48. The fourth-order valence-corrected chi connectivity index (χ4v) is 2.79. The molecule has 0 aromatic heterocycles. The zero-order chi connectivity index (χ0) is 14.2. The van der Waals surface area contributed by atoms with Crippen LogP contribution in [0.4, 0.5) is 0 Å². The maximum Gasteiger partial charge on any atom is 0.309 e. The average molecular weight is 279 g/mol. The van der Waals surface area contributed by atoms with Gasteiger partial charge in [-0.1, -0.05) is 61.4 Å². The zero-order valence-electron chi connectivity index (χ0n) is 11.7. The molecule has 0 amide bonds. The second-order valence-electron chi connectivity index (χ2n) is 5.73. The van der Waals surface area contributed by atoms with Gasteiger partial charge in [-0.3, -0.25) is 4.79 Å². The molecular formula is C16H19ClO2. The summed E-state index contributed by atoms with van der Waals surface area (Å²) < 4.78 is 4.83. The third-order valence-electron chi connectivity index (χ3n) is 4.02. The molecule has 0 spiro atoms. The van der Waals surface area contributed by atoms with Crippen molar-refractivity contribution < 1.29 is 9.53 Å². The summed E-state index contributed by atoms with van der Waals surface area (Å²) >= 11 is 6.34. The largest absolute Gasteiger partial charge is 0.469 e. The Balaban J connectivity index is 2.18. The summed E-state index contributed by atoms with van der Waals surface area (Å²) in [5, 5.41) is 0.699. The van der Waals surface area contributed by atoms with Gasteiger partial charge in [0.05, 0.1) is 13.0 Å². The molecule has 0 aliphatic heterocycles. The summed E-state index contributed by atoms with van der Waals surface area (Å²) in [6.07, 6.45) is 1.98. The predicted molar refractivity (Wildman–Crippen MR) is 77.8 cm³/mol. The van der Waals surface area contributed by atoms with Gasteiger partial charge in [0.15, 0.2) is 0 Å². The molecule has 1 saturated carbocycles. The van der Waals surface area contributed by atoms with Crippen molar-refractivity contribution in [1.82, 2.24) is 0 Å². The molecule has 102 valence electrons. The number of aryl methyl sites for hydroxylation is 1. The van der Waals surface area contributed by atoms with Crippen LogP contribution in [0.1, 0.15) is 25.0 Å². The van der Waals surface area contributed by atoms with Crippen molar-refractivity contribution in [2.75, 3.05) is 7.11 Å². The first kappa shape index (κ1) is 14.1. The number of hydrogen-bond acceptors (Lipinski definition) is 2. The summed E-state index contributed by atoms with van der Waals surface area (Å²) in [5.41, 5.74) is 2.11. The fourth-order valence-electron chi connectivity index (χ4n) is 2.53. The van der Waals surface area contributed by atoms with E-state index < -0.39 is 0 Å². The molecule has 0 N–H and O–H groups in total. The quantitative estimate of drug-likeness (QED) is 0.781. The first-order valence-corrected chi connectivity index (χ1v) is 6.78. The van der Waals surface area contributed by atoms with Gasteiger partial charge in [-0.25, -0.2) is 0 Å². The topological polar surface area (TPSA) is 26.3 Å². The van der Waals surface area contributed by atoms with Crippen LogP contribution in [0, 0.1) is 24.2 Å². The Kier molecular flexibility index (Phi) is 3.73. The molecule has 0 bridgehead atoms. The van der Waals surface area contributed by atoms with E-state index in [1.807, 2.05) is 37.3 Å². The summed E-state index contributed by atoms with van der Waals surface area (Å²) in [7, 11) is 1.43. The van der Waals surface area contributed by atoms with E-state index in [-0.39, 0.29) is 23.2 Å². The van der Waals surface area contributed by atoms with Gasteiger partial charge in [0.25, 0.3) is 0 Å². The molecule has 2 rings (SSSR count). The van der Waals surface area contributed by atoms with Gasteiger partial charge >= 0.3 is 5.97 Å². The van der Waals surface area contributed by atoms with E-state index in [4.69, 9.17) is 16.3 Å². The minimum absolute atomic E-state index is 0.0715. The minimum atomic E-state index is -0.153. The lowest BCUT2D eigenvalue weighted by Crippen LogP contribution is -2.07. The zero-order valence-corrected chi connectivity index (χ0v) is 12.5. The van der Waals surface area contributed by atoms with E-state index in [0.29, 0.717) is 5.03 Å². The monoisotopic (exact) mass is 278 g/mol. The molecule has 1 aliphatic rings. The maximum absolute atomic E-state index is 11.7. The van der Waals surface area contributed by atoms with E-state index in [0.717, 1.165) is 5.56 Å². The molecule has 0 radical (unpaired) electrons. The molecule has 0 saturated heterocycles. The average Bonchev–Trinajstić information content (AvgIpc) is 2.90. The number of carbonyl (C=O) groups excluding carboxylic acids is 1. The van der Waals surface area contributed by atoms with Gasteiger partial charge in [0.2, 0.25) is 0 Å².